The Morgan fingerprint density at radius 2 is 1.61 bits per heavy atom. The Balaban J connectivity index is 1.07. The van der Waals surface area contributed by atoms with E-state index in [1.165, 1.54) is 5.56 Å². The van der Waals surface area contributed by atoms with Crippen molar-refractivity contribution < 1.29 is 0 Å². The van der Waals surface area contributed by atoms with Gasteiger partial charge in [0.05, 0.1) is 17.0 Å². The summed E-state index contributed by atoms with van der Waals surface area (Å²) in [6.07, 6.45) is 7.42. The zero-order valence-corrected chi connectivity index (χ0v) is 22.4. The van der Waals surface area contributed by atoms with Gasteiger partial charge in [0.15, 0.2) is 11.5 Å². The van der Waals surface area contributed by atoms with Crippen LogP contribution in [0.15, 0.2) is 91.4 Å². The Morgan fingerprint density at radius 3 is 2.37 bits per heavy atom. The molecule has 0 unspecified atom stereocenters. The van der Waals surface area contributed by atoms with Crippen LogP contribution < -0.4 is 0 Å². The van der Waals surface area contributed by atoms with Crippen LogP contribution >= 0.6 is 0 Å². The lowest BCUT2D eigenvalue weighted by molar-refractivity contribution is 0.202. The van der Waals surface area contributed by atoms with E-state index >= 15 is 0 Å². The number of fused-ring (bicyclic) bond motifs is 1. The summed E-state index contributed by atoms with van der Waals surface area (Å²) in [6, 6.07) is 26.7. The predicted octanol–water partition coefficient (Wildman–Crippen LogP) is 5.49. The molecule has 0 radical (unpaired) electrons. The summed E-state index contributed by atoms with van der Waals surface area (Å²) in [4.78, 5) is 20.6. The average molecular weight is 538 g/mol. The van der Waals surface area contributed by atoms with Crippen molar-refractivity contribution in [3.8, 4) is 40.2 Å². The minimum Gasteiger partial charge on any atom is -0.299 e. The maximum Gasteiger partial charge on any atom is 0.218 e. The van der Waals surface area contributed by atoms with E-state index in [2.05, 4.69) is 72.5 Å². The Morgan fingerprint density at radius 1 is 0.829 bits per heavy atom. The van der Waals surface area contributed by atoms with Gasteiger partial charge >= 0.3 is 0 Å². The van der Waals surface area contributed by atoms with Crippen LogP contribution in [0.5, 0.6) is 0 Å². The predicted molar refractivity (Wildman–Crippen MR) is 155 cm³/mol. The second-order valence-electron chi connectivity index (χ2n) is 10.3. The van der Waals surface area contributed by atoms with Crippen LogP contribution in [0.1, 0.15) is 35.7 Å². The highest BCUT2D eigenvalue weighted by atomic mass is 15.2. The maximum absolute atomic E-state index is 9.68. The van der Waals surface area contributed by atoms with Crippen LogP contribution in [0, 0.1) is 11.3 Å². The molecule has 0 aliphatic carbocycles. The molecule has 0 amide bonds. The molecule has 6 aromatic rings. The molecule has 1 aliphatic rings. The topological polar surface area (TPSA) is 112 Å². The van der Waals surface area contributed by atoms with Gasteiger partial charge in [0.2, 0.25) is 5.82 Å². The lowest BCUT2D eigenvalue weighted by Crippen LogP contribution is -2.32. The molecule has 5 heterocycles. The van der Waals surface area contributed by atoms with Gasteiger partial charge in [-0.05, 0) is 49.7 Å². The lowest BCUT2D eigenvalue weighted by atomic mass is 9.95. The second-order valence-corrected chi connectivity index (χ2v) is 10.3. The number of likely N-dealkylation sites (tertiary alicyclic amines) is 1. The number of aromatic nitrogens is 7. The maximum atomic E-state index is 9.68. The monoisotopic (exact) mass is 537 g/mol. The highest BCUT2D eigenvalue weighted by molar-refractivity contribution is 5.83. The zero-order chi connectivity index (χ0) is 27.6. The van der Waals surface area contributed by atoms with Crippen LogP contribution in [0.3, 0.4) is 0 Å². The summed E-state index contributed by atoms with van der Waals surface area (Å²) in [7, 11) is 0. The fourth-order valence-electron chi connectivity index (χ4n) is 5.59. The van der Waals surface area contributed by atoms with Crippen LogP contribution in [0.2, 0.25) is 0 Å². The first-order valence-electron chi connectivity index (χ1n) is 13.7. The number of hydrogen-bond donors (Lipinski definition) is 1. The van der Waals surface area contributed by atoms with Crippen molar-refractivity contribution in [2.75, 3.05) is 13.1 Å². The van der Waals surface area contributed by atoms with Crippen molar-refractivity contribution in [3.63, 3.8) is 0 Å². The summed E-state index contributed by atoms with van der Waals surface area (Å²) in [5, 5.41) is 17.1. The third-order valence-corrected chi connectivity index (χ3v) is 7.69. The van der Waals surface area contributed by atoms with Crippen molar-refractivity contribution in [2.24, 2.45) is 0 Å². The molecule has 4 aromatic heterocycles. The van der Waals surface area contributed by atoms with E-state index in [1.807, 2.05) is 40.9 Å². The standard InChI is InChI=1S/C32H27N9/c33-20-26-8-4-17-41-28(24-6-2-1-3-7-24)27(36-32(26)41)23-11-9-22(10-12-23)21-40-18-13-25(14-19-40)29-37-31(39-38-29)30-34-15-5-16-35-30/h1-12,15-17,25H,13-14,18-19,21H2,(H,37,38,39). The van der Waals surface area contributed by atoms with Gasteiger partial charge in [-0.3, -0.25) is 14.4 Å². The first kappa shape index (κ1) is 24.8. The van der Waals surface area contributed by atoms with Crippen molar-refractivity contribution in [3.05, 3.63) is 108 Å². The molecule has 41 heavy (non-hydrogen) atoms. The van der Waals surface area contributed by atoms with E-state index < -0.39 is 0 Å². The Labute approximate surface area is 237 Å². The van der Waals surface area contributed by atoms with Gasteiger partial charge in [-0.1, -0.05) is 54.6 Å². The minimum absolute atomic E-state index is 0.350. The van der Waals surface area contributed by atoms with Crippen LogP contribution in [-0.2, 0) is 6.54 Å². The Hall–Kier alpha value is -5.20. The zero-order valence-electron chi connectivity index (χ0n) is 22.4. The highest BCUT2D eigenvalue weighted by Gasteiger charge is 2.24. The molecule has 2 aromatic carbocycles. The van der Waals surface area contributed by atoms with Crippen LogP contribution in [-0.4, -0.2) is 52.5 Å². The number of hydrogen-bond acceptors (Lipinski definition) is 7. The van der Waals surface area contributed by atoms with Crippen molar-refractivity contribution >= 4 is 5.65 Å². The molecule has 9 heteroatoms. The summed E-state index contributed by atoms with van der Waals surface area (Å²) in [6.45, 7) is 2.87. The smallest absolute Gasteiger partial charge is 0.218 e. The van der Waals surface area contributed by atoms with E-state index in [4.69, 9.17) is 4.98 Å². The van der Waals surface area contributed by atoms with Gasteiger partial charge in [-0.15, -0.1) is 5.10 Å². The van der Waals surface area contributed by atoms with Crippen molar-refractivity contribution in [2.45, 2.75) is 25.3 Å². The molecule has 1 N–H and O–H groups in total. The number of pyridine rings is 1. The molecular formula is C32H27N9. The molecule has 1 fully saturated rings. The first-order chi connectivity index (χ1) is 20.3. The largest absolute Gasteiger partial charge is 0.299 e. The van der Waals surface area contributed by atoms with Gasteiger partial charge in [-0.25, -0.2) is 19.9 Å². The normalized spacial score (nSPS) is 14.3. The van der Waals surface area contributed by atoms with E-state index in [9.17, 15) is 5.26 Å². The second kappa shape index (κ2) is 10.8. The quantitative estimate of drug-likeness (QED) is 0.299. The van der Waals surface area contributed by atoms with Crippen molar-refractivity contribution in [1.29, 1.82) is 5.26 Å². The summed E-state index contributed by atoms with van der Waals surface area (Å²) in [5.41, 5.74) is 6.45. The molecule has 200 valence electrons. The van der Waals surface area contributed by atoms with Gasteiger partial charge < -0.3 is 0 Å². The number of piperidine rings is 1. The lowest BCUT2D eigenvalue weighted by Gasteiger charge is -2.30. The van der Waals surface area contributed by atoms with Gasteiger partial charge in [0, 0.05) is 42.2 Å². The molecular weight excluding hydrogens is 510 g/mol. The number of nitrogens with zero attached hydrogens (tertiary/aromatic N) is 8. The minimum atomic E-state index is 0.350. The molecule has 1 aliphatic heterocycles. The Kier molecular flexibility index (Phi) is 6.51. The number of imidazole rings is 1. The summed E-state index contributed by atoms with van der Waals surface area (Å²) in [5.74, 6) is 2.36. The SMILES string of the molecule is N#Cc1cccn2c(-c3ccccc3)c(-c3ccc(CN4CCC(c5nc(-c6ncccn6)n[nH]5)CC4)cc3)nc12. The first-order valence-corrected chi connectivity index (χ1v) is 13.7. The number of nitrogens with one attached hydrogen (secondary N) is 1. The van der Waals surface area contributed by atoms with E-state index in [-0.39, 0.29) is 0 Å². The molecule has 1 saturated heterocycles. The highest BCUT2D eigenvalue weighted by Crippen LogP contribution is 2.34. The number of benzene rings is 2. The molecule has 9 nitrogen and oxygen atoms in total. The van der Waals surface area contributed by atoms with Gasteiger partial charge in [0.1, 0.15) is 11.9 Å². The third-order valence-electron chi connectivity index (χ3n) is 7.69. The van der Waals surface area contributed by atoms with Crippen LogP contribution in [0.4, 0.5) is 0 Å². The molecule has 0 atom stereocenters. The number of nitriles is 1. The van der Waals surface area contributed by atoms with Gasteiger partial charge in [0.25, 0.3) is 0 Å². The molecule has 0 spiro atoms. The van der Waals surface area contributed by atoms with Gasteiger partial charge in [-0.2, -0.15) is 5.26 Å². The summed E-state index contributed by atoms with van der Waals surface area (Å²) >= 11 is 0. The van der Waals surface area contributed by atoms with Crippen molar-refractivity contribution in [1.82, 2.24) is 39.4 Å². The average Bonchev–Trinajstić information content (AvgIpc) is 3.69. The number of H-pyrrole nitrogens is 1. The van der Waals surface area contributed by atoms with E-state index in [1.54, 1.807) is 18.5 Å². The molecule has 0 bridgehead atoms. The Bertz CT molecular complexity index is 1830. The molecule has 7 rings (SSSR count). The molecule has 0 saturated carbocycles. The summed E-state index contributed by atoms with van der Waals surface area (Å²) < 4.78 is 2.02. The van der Waals surface area contributed by atoms with Crippen LogP contribution in [0.25, 0.3) is 39.8 Å². The number of rotatable bonds is 6. The third kappa shape index (κ3) is 4.86. The fraction of sp³-hybridized carbons (Fsp3) is 0.188. The fourth-order valence-corrected chi connectivity index (χ4v) is 5.59. The van der Waals surface area contributed by atoms with E-state index in [0.717, 1.165) is 60.8 Å². The van der Waals surface area contributed by atoms with E-state index in [0.29, 0.717) is 28.8 Å². The number of aromatic amines is 1.